The number of hydrogen-bond donors (Lipinski definition) is 1. The smallest absolute Gasteiger partial charge is 0.233 e. The molecule has 4 nitrogen and oxygen atoms in total. The Bertz CT molecular complexity index is 327. The summed E-state index contributed by atoms with van der Waals surface area (Å²) in [5.74, 6) is 0.593. The molecule has 0 aromatic heterocycles. The molecule has 3 aliphatic rings. The molecule has 2 N–H and O–H groups in total. The van der Waals surface area contributed by atoms with Gasteiger partial charge in [0.1, 0.15) is 0 Å². The number of nitrogens with zero attached hydrogens (tertiary/aromatic N) is 1. The molecule has 2 saturated carbocycles. The maximum absolute atomic E-state index is 12.2. The minimum absolute atomic E-state index is 0.00283. The van der Waals surface area contributed by atoms with E-state index in [4.69, 9.17) is 5.73 Å². The second kappa shape index (κ2) is 4.09. The van der Waals surface area contributed by atoms with E-state index in [1.165, 1.54) is 4.90 Å². The van der Waals surface area contributed by atoms with Gasteiger partial charge < -0.3 is 5.73 Å². The highest BCUT2D eigenvalue weighted by atomic mass is 16.2. The standard InChI is InChI=1S/C13H20N2O2/c14-11(8-5-6-8)7-15-12(16)9-3-1-2-4-10(9)13(15)17/h8-11H,1-7,14H2. The van der Waals surface area contributed by atoms with Crippen molar-refractivity contribution < 1.29 is 9.59 Å². The predicted molar refractivity (Wildman–Crippen MR) is 62.9 cm³/mol. The van der Waals surface area contributed by atoms with Crippen LogP contribution in [0.3, 0.4) is 0 Å². The summed E-state index contributed by atoms with van der Waals surface area (Å²) in [6.45, 7) is 0.454. The molecule has 0 spiro atoms. The minimum Gasteiger partial charge on any atom is -0.326 e. The molecule has 0 bridgehead atoms. The third kappa shape index (κ3) is 1.88. The third-order valence-electron chi connectivity index (χ3n) is 4.55. The lowest BCUT2D eigenvalue weighted by Crippen LogP contribution is -2.42. The summed E-state index contributed by atoms with van der Waals surface area (Å²) in [5, 5.41) is 0. The first kappa shape index (κ1) is 11.2. The van der Waals surface area contributed by atoms with Crippen LogP contribution in [0.5, 0.6) is 0 Å². The lowest BCUT2D eigenvalue weighted by Gasteiger charge is -2.19. The van der Waals surface area contributed by atoms with Crippen molar-refractivity contribution in [2.45, 2.75) is 44.6 Å². The lowest BCUT2D eigenvalue weighted by atomic mass is 9.81. The van der Waals surface area contributed by atoms with Gasteiger partial charge in [0.25, 0.3) is 0 Å². The highest BCUT2D eigenvalue weighted by molar-refractivity contribution is 6.05. The van der Waals surface area contributed by atoms with Crippen LogP contribution in [0.4, 0.5) is 0 Å². The number of imide groups is 1. The normalized spacial score (nSPS) is 35.0. The molecule has 3 fully saturated rings. The van der Waals surface area contributed by atoms with E-state index >= 15 is 0 Å². The number of fused-ring (bicyclic) bond motifs is 1. The quantitative estimate of drug-likeness (QED) is 0.740. The maximum atomic E-state index is 12.2. The maximum Gasteiger partial charge on any atom is 0.233 e. The van der Waals surface area contributed by atoms with Crippen molar-refractivity contribution in [2.75, 3.05) is 6.54 Å². The van der Waals surface area contributed by atoms with Crippen LogP contribution in [-0.2, 0) is 9.59 Å². The Labute approximate surface area is 102 Å². The molecule has 3 unspecified atom stereocenters. The van der Waals surface area contributed by atoms with Gasteiger partial charge in [0.2, 0.25) is 11.8 Å². The molecule has 0 aromatic carbocycles. The van der Waals surface area contributed by atoms with E-state index in [9.17, 15) is 9.59 Å². The molecule has 1 saturated heterocycles. The van der Waals surface area contributed by atoms with Crippen molar-refractivity contribution in [1.82, 2.24) is 4.90 Å². The first-order valence-corrected chi connectivity index (χ1v) is 6.79. The predicted octanol–water partition coefficient (Wildman–Crippen LogP) is 0.899. The number of amides is 2. The van der Waals surface area contributed by atoms with Crippen molar-refractivity contribution in [3.05, 3.63) is 0 Å². The Morgan fingerprint density at radius 3 is 2.06 bits per heavy atom. The van der Waals surface area contributed by atoms with Gasteiger partial charge in [0, 0.05) is 12.6 Å². The summed E-state index contributed by atoms with van der Waals surface area (Å²) < 4.78 is 0. The van der Waals surface area contributed by atoms with Crippen LogP contribution in [0.2, 0.25) is 0 Å². The van der Waals surface area contributed by atoms with Gasteiger partial charge in [-0.05, 0) is 31.6 Å². The SMILES string of the molecule is NC(CN1C(=O)C2CCCCC2C1=O)C1CC1. The molecule has 0 aromatic rings. The summed E-state index contributed by atoms with van der Waals surface area (Å²) >= 11 is 0. The van der Waals surface area contributed by atoms with Crippen LogP contribution in [0.15, 0.2) is 0 Å². The highest BCUT2D eigenvalue weighted by Crippen LogP contribution is 2.39. The van der Waals surface area contributed by atoms with Crippen molar-refractivity contribution in [3.8, 4) is 0 Å². The van der Waals surface area contributed by atoms with E-state index in [0.29, 0.717) is 12.5 Å². The first-order chi connectivity index (χ1) is 8.18. The van der Waals surface area contributed by atoms with Gasteiger partial charge in [-0.25, -0.2) is 0 Å². The van der Waals surface area contributed by atoms with E-state index in [1.807, 2.05) is 0 Å². The molecule has 2 aliphatic carbocycles. The monoisotopic (exact) mass is 236 g/mol. The number of rotatable bonds is 3. The van der Waals surface area contributed by atoms with Crippen molar-refractivity contribution in [2.24, 2.45) is 23.5 Å². The van der Waals surface area contributed by atoms with Crippen LogP contribution in [-0.4, -0.2) is 29.3 Å². The molecular weight excluding hydrogens is 216 g/mol. The molecule has 3 atom stereocenters. The van der Waals surface area contributed by atoms with Crippen LogP contribution in [0.1, 0.15) is 38.5 Å². The van der Waals surface area contributed by atoms with Crippen LogP contribution in [0.25, 0.3) is 0 Å². The number of hydrogen-bond acceptors (Lipinski definition) is 3. The Kier molecular flexibility index (Phi) is 2.69. The van der Waals surface area contributed by atoms with Gasteiger partial charge in [0.15, 0.2) is 0 Å². The van der Waals surface area contributed by atoms with E-state index in [0.717, 1.165) is 38.5 Å². The van der Waals surface area contributed by atoms with Gasteiger partial charge in [-0.2, -0.15) is 0 Å². The van der Waals surface area contributed by atoms with Crippen molar-refractivity contribution in [3.63, 3.8) is 0 Å². The average Bonchev–Trinajstić information content (AvgIpc) is 3.15. The topological polar surface area (TPSA) is 63.4 Å². The van der Waals surface area contributed by atoms with Crippen LogP contribution in [0, 0.1) is 17.8 Å². The number of nitrogens with two attached hydrogens (primary N) is 1. The van der Waals surface area contributed by atoms with Gasteiger partial charge in [-0.3, -0.25) is 14.5 Å². The number of carbonyl (C=O) groups is 2. The Morgan fingerprint density at radius 1 is 1.06 bits per heavy atom. The second-order valence-electron chi connectivity index (χ2n) is 5.79. The molecule has 1 aliphatic heterocycles. The summed E-state index contributed by atoms with van der Waals surface area (Å²) in [6.07, 6.45) is 6.27. The molecular formula is C13H20N2O2. The molecule has 0 radical (unpaired) electrons. The molecule has 1 heterocycles. The summed E-state index contributed by atoms with van der Waals surface area (Å²) in [5.41, 5.74) is 6.03. The molecule has 94 valence electrons. The van der Waals surface area contributed by atoms with E-state index in [-0.39, 0.29) is 29.7 Å². The zero-order valence-corrected chi connectivity index (χ0v) is 10.1. The fourth-order valence-corrected chi connectivity index (χ4v) is 3.30. The second-order valence-corrected chi connectivity index (χ2v) is 5.79. The van der Waals surface area contributed by atoms with Gasteiger partial charge in [-0.1, -0.05) is 12.8 Å². The number of likely N-dealkylation sites (tertiary alicyclic amines) is 1. The Hall–Kier alpha value is -0.900. The molecule has 17 heavy (non-hydrogen) atoms. The van der Waals surface area contributed by atoms with Crippen molar-refractivity contribution in [1.29, 1.82) is 0 Å². The Balaban J connectivity index is 1.71. The van der Waals surface area contributed by atoms with E-state index in [2.05, 4.69) is 0 Å². The molecule has 4 heteroatoms. The zero-order valence-electron chi connectivity index (χ0n) is 10.1. The largest absolute Gasteiger partial charge is 0.326 e. The average molecular weight is 236 g/mol. The van der Waals surface area contributed by atoms with E-state index < -0.39 is 0 Å². The summed E-state index contributed by atoms with van der Waals surface area (Å²) in [4.78, 5) is 25.8. The van der Waals surface area contributed by atoms with Gasteiger partial charge in [0.05, 0.1) is 11.8 Å². The van der Waals surface area contributed by atoms with Crippen LogP contribution < -0.4 is 5.73 Å². The molecule has 3 rings (SSSR count). The fraction of sp³-hybridized carbons (Fsp3) is 0.846. The van der Waals surface area contributed by atoms with Gasteiger partial charge >= 0.3 is 0 Å². The zero-order chi connectivity index (χ0) is 12.0. The van der Waals surface area contributed by atoms with Crippen LogP contribution >= 0.6 is 0 Å². The minimum atomic E-state index is -0.0253. The third-order valence-corrected chi connectivity index (χ3v) is 4.55. The highest BCUT2D eigenvalue weighted by Gasteiger charge is 2.48. The lowest BCUT2D eigenvalue weighted by molar-refractivity contribution is -0.140. The molecule has 2 amide bonds. The summed E-state index contributed by atoms with van der Waals surface area (Å²) in [7, 11) is 0. The van der Waals surface area contributed by atoms with Crippen molar-refractivity contribution >= 4 is 11.8 Å². The number of carbonyl (C=O) groups excluding carboxylic acids is 2. The first-order valence-electron chi connectivity index (χ1n) is 6.79. The van der Waals surface area contributed by atoms with Gasteiger partial charge in [-0.15, -0.1) is 0 Å². The van der Waals surface area contributed by atoms with E-state index in [1.54, 1.807) is 0 Å². The summed E-state index contributed by atoms with van der Waals surface area (Å²) in [6, 6.07) is 0.00283. The Morgan fingerprint density at radius 2 is 1.59 bits per heavy atom. The fourth-order valence-electron chi connectivity index (χ4n) is 3.30.